The van der Waals surface area contributed by atoms with Gasteiger partial charge in [-0.15, -0.1) is 0 Å². The molecule has 10 rings (SSSR count). The fourth-order valence-corrected chi connectivity index (χ4v) is 7.11. The van der Waals surface area contributed by atoms with Gasteiger partial charge in [-0.3, -0.25) is 9.38 Å². The lowest BCUT2D eigenvalue weighted by atomic mass is 10.1. The van der Waals surface area contributed by atoms with Crippen LogP contribution in [-0.4, -0.2) is 23.5 Å². The SMILES string of the molecule is c1ccc(-n2c3ccccc3c3cc4c5cc6c(cc5n(-c5ccccc5)c4cc32)c2ncccc2c2nccn62)cc1. The Morgan fingerprint density at radius 3 is 1.79 bits per heavy atom. The average molecular weight is 550 g/mol. The molecule has 0 N–H and O–H groups in total. The second-order valence-corrected chi connectivity index (χ2v) is 11.2. The highest BCUT2D eigenvalue weighted by Crippen LogP contribution is 2.41. The molecule has 5 aromatic carbocycles. The zero-order valence-corrected chi connectivity index (χ0v) is 23.0. The first-order valence-electron chi connectivity index (χ1n) is 14.5. The molecule has 0 aliphatic heterocycles. The van der Waals surface area contributed by atoms with E-state index in [2.05, 4.69) is 135 Å². The maximum atomic E-state index is 4.85. The molecule has 0 aliphatic rings. The van der Waals surface area contributed by atoms with Gasteiger partial charge in [-0.25, -0.2) is 4.98 Å². The normalized spacial score (nSPS) is 12.2. The van der Waals surface area contributed by atoms with Crippen LogP contribution in [0.25, 0.3) is 82.4 Å². The van der Waals surface area contributed by atoms with Crippen molar-refractivity contribution in [3.05, 3.63) is 140 Å². The molecule has 0 fully saturated rings. The highest BCUT2D eigenvalue weighted by atomic mass is 15.0. The van der Waals surface area contributed by atoms with E-state index in [1.807, 2.05) is 18.5 Å². The number of rotatable bonds is 2. The molecule has 0 radical (unpaired) electrons. The molecule has 200 valence electrons. The molecular formula is C38H23N5. The van der Waals surface area contributed by atoms with E-state index in [0.29, 0.717) is 0 Å². The fraction of sp³-hybridized carbons (Fsp3) is 0. The summed E-state index contributed by atoms with van der Waals surface area (Å²) in [6.45, 7) is 0. The Labute approximate surface area is 245 Å². The lowest BCUT2D eigenvalue weighted by Crippen LogP contribution is -1.96. The number of benzene rings is 5. The third-order valence-electron chi connectivity index (χ3n) is 8.91. The summed E-state index contributed by atoms with van der Waals surface area (Å²) in [5, 5.41) is 7.07. The van der Waals surface area contributed by atoms with E-state index in [1.165, 1.54) is 38.1 Å². The van der Waals surface area contributed by atoms with Gasteiger partial charge in [0.2, 0.25) is 0 Å². The summed E-state index contributed by atoms with van der Waals surface area (Å²) in [6, 6.07) is 43.6. The number of hydrogen-bond acceptors (Lipinski definition) is 2. The molecule has 5 aromatic heterocycles. The summed E-state index contributed by atoms with van der Waals surface area (Å²) in [5.41, 5.74) is 10.00. The minimum absolute atomic E-state index is 0.926. The number of pyridine rings is 2. The molecule has 0 amide bonds. The van der Waals surface area contributed by atoms with Crippen LogP contribution < -0.4 is 0 Å². The van der Waals surface area contributed by atoms with Crippen molar-refractivity contribution < 1.29 is 0 Å². The first-order valence-corrected chi connectivity index (χ1v) is 14.5. The Morgan fingerprint density at radius 1 is 0.395 bits per heavy atom. The highest BCUT2D eigenvalue weighted by Gasteiger charge is 2.20. The predicted octanol–water partition coefficient (Wildman–Crippen LogP) is 9.23. The second kappa shape index (κ2) is 8.30. The van der Waals surface area contributed by atoms with Crippen molar-refractivity contribution >= 4 is 71.1 Å². The van der Waals surface area contributed by atoms with E-state index in [-0.39, 0.29) is 0 Å². The Balaban J connectivity index is 1.45. The number of nitrogens with zero attached hydrogens (tertiary/aromatic N) is 5. The number of aromatic nitrogens is 5. The molecule has 0 aliphatic carbocycles. The topological polar surface area (TPSA) is 40.0 Å². The summed E-state index contributed by atoms with van der Waals surface area (Å²) in [6.07, 6.45) is 5.80. The van der Waals surface area contributed by atoms with Crippen LogP contribution in [0.3, 0.4) is 0 Å². The molecule has 0 saturated carbocycles. The van der Waals surface area contributed by atoms with Gasteiger partial charge in [0.05, 0.1) is 33.1 Å². The Bertz CT molecular complexity index is 2710. The van der Waals surface area contributed by atoms with Crippen molar-refractivity contribution in [3.63, 3.8) is 0 Å². The Kier molecular flexibility index (Phi) is 4.39. The molecule has 0 atom stereocenters. The van der Waals surface area contributed by atoms with E-state index < -0.39 is 0 Å². The van der Waals surface area contributed by atoms with Crippen molar-refractivity contribution in [2.24, 2.45) is 0 Å². The maximum Gasteiger partial charge on any atom is 0.146 e. The lowest BCUT2D eigenvalue weighted by molar-refractivity contribution is 1.16. The molecule has 43 heavy (non-hydrogen) atoms. The number of para-hydroxylation sites is 3. The first-order chi connectivity index (χ1) is 21.3. The van der Waals surface area contributed by atoms with Crippen molar-refractivity contribution in [1.29, 1.82) is 0 Å². The highest BCUT2D eigenvalue weighted by molar-refractivity contribution is 6.22. The molecule has 5 heterocycles. The smallest absolute Gasteiger partial charge is 0.146 e. The van der Waals surface area contributed by atoms with Gasteiger partial charge in [0.25, 0.3) is 0 Å². The maximum absolute atomic E-state index is 4.85. The van der Waals surface area contributed by atoms with E-state index in [9.17, 15) is 0 Å². The largest absolute Gasteiger partial charge is 0.309 e. The van der Waals surface area contributed by atoms with Crippen LogP contribution >= 0.6 is 0 Å². The molecule has 0 saturated heterocycles. The van der Waals surface area contributed by atoms with Crippen LogP contribution in [0, 0.1) is 0 Å². The third kappa shape index (κ3) is 3.00. The fourth-order valence-electron chi connectivity index (χ4n) is 7.11. The van der Waals surface area contributed by atoms with Gasteiger partial charge in [0, 0.05) is 62.3 Å². The van der Waals surface area contributed by atoms with Crippen LogP contribution in [0.2, 0.25) is 0 Å². The van der Waals surface area contributed by atoms with Gasteiger partial charge in [-0.2, -0.15) is 0 Å². The van der Waals surface area contributed by atoms with Crippen molar-refractivity contribution in [3.8, 4) is 11.4 Å². The van der Waals surface area contributed by atoms with Crippen LogP contribution in [0.5, 0.6) is 0 Å². The van der Waals surface area contributed by atoms with Gasteiger partial charge in [0.1, 0.15) is 5.65 Å². The summed E-state index contributed by atoms with van der Waals surface area (Å²) in [4.78, 5) is 9.57. The molecule has 5 heteroatoms. The number of imidazole rings is 1. The first kappa shape index (κ1) is 22.7. The zero-order valence-electron chi connectivity index (χ0n) is 23.0. The number of hydrogen-bond donors (Lipinski definition) is 0. The molecule has 0 bridgehead atoms. The van der Waals surface area contributed by atoms with Gasteiger partial charge < -0.3 is 9.13 Å². The standard InChI is InChI=1S/C38H23N5/c1-3-10-24(11-4-1)42-32-16-8-7-14-26(32)28-20-29-30-21-33-31(37-27(15-9-17-39-37)38-40-18-19-41(33)38)22-34(30)43(36(29)23-35(28)42)25-12-5-2-6-13-25/h1-23H. The zero-order chi connectivity index (χ0) is 28.1. The minimum Gasteiger partial charge on any atom is -0.309 e. The number of fused-ring (bicyclic) bond motifs is 12. The van der Waals surface area contributed by atoms with E-state index >= 15 is 0 Å². The molecule has 10 aromatic rings. The van der Waals surface area contributed by atoms with Crippen molar-refractivity contribution in [2.45, 2.75) is 0 Å². The van der Waals surface area contributed by atoms with Gasteiger partial charge in [-0.1, -0.05) is 54.6 Å². The summed E-state index contributed by atoms with van der Waals surface area (Å²) in [5.74, 6) is 0. The van der Waals surface area contributed by atoms with E-state index in [1.54, 1.807) is 0 Å². The molecule has 5 nitrogen and oxygen atoms in total. The van der Waals surface area contributed by atoms with Crippen LogP contribution in [-0.2, 0) is 0 Å². The van der Waals surface area contributed by atoms with Gasteiger partial charge in [-0.05, 0) is 66.7 Å². The predicted molar refractivity (Wildman–Crippen MR) is 177 cm³/mol. The van der Waals surface area contributed by atoms with Gasteiger partial charge >= 0.3 is 0 Å². The molecule has 0 spiro atoms. The molecule has 0 unspecified atom stereocenters. The van der Waals surface area contributed by atoms with Gasteiger partial charge in [0.15, 0.2) is 0 Å². The van der Waals surface area contributed by atoms with E-state index in [4.69, 9.17) is 9.97 Å². The quantitative estimate of drug-likeness (QED) is 0.202. The Morgan fingerprint density at radius 2 is 1.00 bits per heavy atom. The second-order valence-electron chi connectivity index (χ2n) is 11.2. The molecular weight excluding hydrogens is 526 g/mol. The van der Waals surface area contributed by atoms with Crippen molar-refractivity contribution in [1.82, 2.24) is 23.5 Å². The minimum atomic E-state index is 0.926. The van der Waals surface area contributed by atoms with Crippen LogP contribution in [0.1, 0.15) is 0 Å². The average Bonchev–Trinajstić information content (AvgIpc) is 3.77. The van der Waals surface area contributed by atoms with Crippen LogP contribution in [0.4, 0.5) is 0 Å². The summed E-state index contributed by atoms with van der Waals surface area (Å²) >= 11 is 0. The van der Waals surface area contributed by atoms with E-state index in [0.717, 1.165) is 44.3 Å². The van der Waals surface area contributed by atoms with Crippen molar-refractivity contribution in [2.75, 3.05) is 0 Å². The third-order valence-corrected chi connectivity index (χ3v) is 8.91. The van der Waals surface area contributed by atoms with Crippen LogP contribution in [0.15, 0.2) is 140 Å². The monoisotopic (exact) mass is 549 g/mol. The lowest BCUT2D eigenvalue weighted by Gasteiger charge is -2.11. The summed E-state index contributed by atoms with van der Waals surface area (Å²) < 4.78 is 6.99. The Hall–Kier alpha value is -5.94. The summed E-state index contributed by atoms with van der Waals surface area (Å²) in [7, 11) is 0.